The van der Waals surface area contributed by atoms with E-state index in [-0.39, 0.29) is 0 Å². The molecule has 0 radical (unpaired) electrons. The zero-order valence-corrected chi connectivity index (χ0v) is 22.3. The number of nitriles is 1. The van der Waals surface area contributed by atoms with Crippen LogP contribution in [-0.2, 0) is 17.7 Å². The van der Waals surface area contributed by atoms with Crippen LogP contribution in [0.5, 0.6) is 0 Å². The van der Waals surface area contributed by atoms with E-state index in [1.165, 1.54) is 6.20 Å². The fourth-order valence-corrected chi connectivity index (χ4v) is 4.98. The van der Waals surface area contributed by atoms with Crippen molar-refractivity contribution < 1.29 is 14.3 Å². The first-order chi connectivity index (χ1) is 17.9. The van der Waals surface area contributed by atoms with E-state index in [9.17, 15) is 9.59 Å². The number of aryl methyl sites for hydroxylation is 1. The number of amides is 2. The Balaban J connectivity index is 1.54. The molecule has 13 heteroatoms. The number of rotatable bonds is 9. The number of carbonyl (C=O) groups excluding carboxylic acids is 2. The Morgan fingerprint density at radius 3 is 2.89 bits per heavy atom. The van der Waals surface area contributed by atoms with E-state index in [0.29, 0.717) is 54.2 Å². The number of nitrogens with one attached hydrogen (secondary N) is 2. The number of pyridine rings is 2. The zero-order chi connectivity index (χ0) is 26.4. The number of hydrogen-bond acceptors (Lipinski definition) is 9. The van der Waals surface area contributed by atoms with Gasteiger partial charge in [0.25, 0.3) is 0 Å². The van der Waals surface area contributed by atoms with Crippen LogP contribution in [0.15, 0.2) is 23.2 Å². The normalized spacial score (nSPS) is 14.8. The summed E-state index contributed by atoms with van der Waals surface area (Å²) in [5.74, 6) is 0.809. The highest BCUT2D eigenvalue weighted by molar-refractivity contribution is 8.03. The van der Waals surface area contributed by atoms with Crippen LogP contribution < -0.4 is 15.5 Å². The van der Waals surface area contributed by atoms with Crippen LogP contribution in [0.1, 0.15) is 28.0 Å². The number of thiocarbonyl (C=S) groups is 1. The number of thiocyanates is 1. The number of methoxy groups -OCH3 is 1. The van der Waals surface area contributed by atoms with Gasteiger partial charge in [0, 0.05) is 64.7 Å². The van der Waals surface area contributed by atoms with E-state index >= 15 is 0 Å². The first-order valence-corrected chi connectivity index (χ1v) is 13.0. The highest BCUT2D eigenvalue weighted by Gasteiger charge is 2.28. The predicted octanol–water partition coefficient (Wildman–Crippen LogP) is 2.94. The van der Waals surface area contributed by atoms with Crippen molar-refractivity contribution in [3.63, 3.8) is 0 Å². The van der Waals surface area contributed by atoms with E-state index < -0.39 is 6.03 Å². The van der Waals surface area contributed by atoms with E-state index in [1.54, 1.807) is 18.1 Å². The molecule has 37 heavy (non-hydrogen) atoms. The first-order valence-electron chi connectivity index (χ1n) is 11.8. The lowest BCUT2D eigenvalue weighted by Crippen LogP contribution is -2.40. The van der Waals surface area contributed by atoms with Gasteiger partial charge in [-0.15, -0.1) is 0 Å². The van der Waals surface area contributed by atoms with Crippen LogP contribution in [0.25, 0.3) is 0 Å². The highest BCUT2D eigenvalue weighted by Crippen LogP contribution is 2.30. The molecule has 0 aromatic carbocycles. The first kappa shape index (κ1) is 26.6. The molecule has 1 saturated heterocycles. The number of likely N-dealkylation sites (N-methyl/N-ethyl adjacent to an activating group) is 1. The molecule has 11 nitrogen and oxygen atoms in total. The molecule has 4 heterocycles. The van der Waals surface area contributed by atoms with Crippen LogP contribution in [0.3, 0.4) is 0 Å². The Kier molecular flexibility index (Phi) is 8.75. The summed E-state index contributed by atoms with van der Waals surface area (Å²) in [7, 11) is 3.56. The maximum Gasteiger partial charge on any atom is 0.328 e. The quantitative estimate of drug-likeness (QED) is 0.160. The largest absolute Gasteiger partial charge is 0.383 e. The number of hydrogen-bond donors (Lipinski definition) is 2. The number of aldehydes is 1. The third-order valence-electron chi connectivity index (χ3n) is 6.17. The second-order valence-corrected chi connectivity index (χ2v) is 9.81. The number of thioether (sulfide) groups is 1. The molecule has 0 atom stereocenters. The Morgan fingerprint density at radius 2 is 2.19 bits per heavy atom. The molecular weight excluding hydrogens is 512 g/mol. The third kappa shape index (κ3) is 6.10. The molecule has 2 amide bonds. The Hall–Kier alpha value is -3.47. The molecule has 1 fully saturated rings. The van der Waals surface area contributed by atoms with Crippen molar-refractivity contribution in [2.45, 2.75) is 24.3 Å². The lowest BCUT2D eigenvalue weighted by Gasteiger charge is -2.29. The van der Waals surface area contributed by atoms with Gasteiger partial charge < -0.3 is 19.9 Å². The minimum absolute atomic E-state index is 0.302. The molecule has 2 aromatic rings. The second kappa shape index (κ2) is 12.2. The molecule has 0 aliphatic carbocycles. The molecule has 0 bridgehead atoms. The van der Waals surface area contributed by atoms with E-state index in [0.717, 1.165) is 60.2 Å². The van der Waals surface area contributed by atoms with Crippen LogP contribution >= 0.6 is 24.0 Å². The van der Waals surface area contributed by atoms with Crippen molar-refractivity contribution in [3.8, 4) is 5.40 Å². The van der Waals surface area contributed by atoms with Gasteiger partial charge in [0.15, 0.2) is 11.4 Å². The fourth-order valence-electron chi connectivity index (χ4n) is 4.28. The monoisotopic (exact) mass is 540 g/mol. The minimum Gasteiger partial charge on any atom is -0.383 e. The molecule has 0 saturated carbocycles. The van der Waals surface area contributed by atoms with Crippen molar-refractivity contribution in [3.05, 3.63) is 35.2 Å². The maximum absolute atomic E-state index is 13.3. The summed E-state index contributed by atoms with van der Waals surface area (Å²) in [6, 6.07) is 3.26. The highest BCUT2D eigenvalue weighted by atomic mass is 32.2. The van der Waals surface area contributed by atoms with E-state index in [4.69, 9.17) is 22.2 Å². The van der Waals surface area contributed by atoms with Gasteiger partial charge in [-0.05, 0) is 48.5 Å². The van der Waals surface area contributed by atoms with Crippen molar-refractivity contribution in [1.29, 1.82) is 5.26 Å². The third-order valence-corrected chi connectivity index (χ3v) is 7.38. The van der Waals surface area contributed by atoms with Gasteiger partial charge in [0.05, 0.1) is 17.2 Å². The lowest BCUT2D eigenvalue weighted by molar-refractivity contribution is 0.111. The van der Waals surface area contributed by atoms with Crippen molar-refractivity contribution in [2.24, 2.45) is 0 Å². The molecule has 2 aromatic heterocycles. The van der Waals surface area contributed by atoms with Gasteiger partial charge in [0.2, 0.25) is 0 Å². The average molecular weight is 541 g/mol. The van der Waals surface area contributed by atoms with Gasteiger partial charge in [-0.2, -0.15) is 5.26 Å². The molecule has 4 rings (SSSR count). The van der Waals surface area contributed by atoms with Gasteiger partial charge in [-0.25, -0.2) is 14.8 Å². The maximum atomic E-state index is 13.3. The minimum atomic E-state index is -0.392. The molecular formula is C24H28N8O3S2. The predicted molar refractivity (Wildman–Crippen MR) is 146 cm³/mol. The van der Waals surface area contributed by atoms with Crippen LogP contribution in [0.2, 0.25) is 0 Å². The zero-order valence-electron chi connectivity index (χ0n) is 20.7. The number of ether oxygens (including phenoxy) is 1. The number of carbonyl (C=O) groups is 2. The van der Waals surface area contributed by atoms with E-state index in [2.05, 4.69) is 25.5 Å². The number of urea groups is 1. The Bertz CT molecular complexity index is 1240. The summed E-state index contributed by atoms with van der Waals surface area (Å²) in [6.45, 7) is 3.62. The molecule has 0 unspecified atom stereocenters. The summed E-state index contributed by atoms with van der Waals surface area (Å²) in [4.78, 5) is 40.3. The molecule has 2 N–H and O–H groups in total. The molecule has 0 spiro atoms. The number of anilines is 3. The summed E-state index contributed by atoms with van der Waals surface area (Å²) >= 11 is 6.47. The summed E-state index contributed by atoms with van der Waals surface area (Å²) in [6.07, 6.45) is 3.79. The van der Waals surface area contributed by atoms with Crippen LogP contribution in [-0.4, -0.2) is 84.1 Å². The number of aromatic nitrogens is 2. The summed E-state index contributed by atoms with van der Waals surface area (Å²) in [5, 5.41) is 17.9. The average Bonchev–Trinajstić information content (AvgIpc) is 3.21. The lowest BCUT2D eigenvalue weighted by atomic mass is 10.0. The molecule has 194 valence electrons. The smallest absolute Gasteiger partial charge is 0.328 e. The van der Waals surface area contributed by atoms with Crippen LogP contribution in [0.4, 0.5) is 22.1 Å². The SMILES string of the molecule is COCCNc1cc(NC(=O)N2CCCc3cc(CN4CCN(C)C4=S)c(C=O)nc32)ncc1SC#N. The molecule has 2 aliphatic rings. The summed E-state index contributed by atoms with van der Waals surface area (Å²) < 4.78 is 5.08. The number of nitrogens with zero attached hydrogens (tertiary/aromatic N) is 6. The fraction of sp³-hybridized carbons (Fsp3) is 0.417. The van der Waals surface area contributed by atoms with Gasteiger partial charge in [-0.3, -0.25) is 15.0 Å². The Morgan fingerprint density at radius 1 is 1.35 bits per heavy atom. The summed E-state index contributed by atoms with van der Waals surface area (Å²) in [5.41, 5.74) is 2.68. The second-order valence-electron chi connectivity index (χ2n) is 8.62. The van der Waals surface area contributed by atoms with Crippen molar-refractivity contribution in [2.75, 3.05) is 62.5 Å². The van der Waals surface area contributed by atoms with Crippen LogP contribution in [0, 0.1) is 10.7 Å². The molecule has 2 aliphatic heterocycles. The van der Waals surface area contributed by atoms with Gasteiger partial charge in [0.1, 0.15) is 22.7 Å². The van der Waals surface area contributed by atoms with Gasteiger partial charge >= 0.3 is 6.03 Å². The van der Waals surface area contributed by atoms with E-state index in [1.807, 2.05) is 23.4 Å². The van der Waals surface area contributed by atoms with Gasteiger partial charge in [-0.1, -0.05) is 0 Å². The van der Waals surface area contributed by atoms with Crippen molar-refractivity contribution >= 4 is 58.7 Å². The van der Waals surface area contributed by atoms with Crippen molar-refractivity contribution in [1.82, 2.24) is 19.8 Å². The Labute approximate surface area is 225 Å². The standard InChI is InChI=1S/C24H28N8O3S2/c1-30-7-8-31(24(30)36)13-17-10-16-4-3-6-32(22(16)28-19(17)14-33)23(34)29-21-11-18(26-5-9-35-2)20(12-27-21)37-15-25/h10-12,14H,3-9,13H2,1-2H3,(H2,26,27,29,34). The topological polar surface area (TPSA) is 127 Å². The number of fused-ring (bicyclic) bond motifs is 1.